The van der Waals surface area contributed by atoms with Gasteiger partial charge in [-0.15, -0.1) is 0 Å². The fraction of sp³-hybridized carbons (Fsp3) is 1.00. The van der Waals surface area contributed by atoms with Crippen molar-refractivity contribution in [1.82, 2.24) is 10.2 Å². The molecule has 4 heteroatoms. The third-order valence-corrected chi connectivity index (χ3v) is 4.16. The Hall–Kier alpha value is -0.160. The molecule has 1 heterocycles. The van der Waals surface area contributed by atoms with Crippen molar-refractivity contribution in [3.63, 3.8) is 0 Å². The van der Waals surface area contributed by atoms with E-state index >= 15 is 0 Å². The van der Waals surface area contributed by atoms with Gasteiger partial charge < -0.3 is 14.8 Å². The van der Waals surface area contributed by atoms with Gasteiger partial charge in [0.1, 0.15) is 0 Å². The second kappa shape index (κ2) is 8.20. The zero-order valence-electron chi connectivity index (χ0n) is 13.4. The lowest BCUT2D eigenvalue weighted by molar-refractivity contribution is -0.00993. The molecule has 114 valence electrons. The lowest BCUT2D eigenvalue weighted by Gasteiger charge is -2.35. The lowest BCUT2D eigenvalue weighted by atomic mass is 9.98. The van der Waals surface area contributed by atoms with Crippen molar-refractivity contribution in [3.8, 4) is 0 Å². The van der Waals surface area contributed by atoms with E-state index in [9.17, 15) is 0 Å². The Kier molecular flexibility index (Phi) is 7.29. The van der Waals surface area contributed by atoms with Crippen LogP contribution in [-0.4, -0.2) is 63.0 Å². The Balaban J connectivity index is 2.50. The Bertz CT molecular complexity index is 240. The van der Waals surface area contributed by atoms with Gasteiger partial charge in [-0.2, -0.15) is 0 Å². The van der Waals surface area contributed by atoms with Crippen LogP contribution in [0, 0.1) is 0 Å². The maximum absolute atomic E-state index is 5.56. The van der Waals surface area contributed by atoms with Crippen molar-refractivity contribution in [1.29, 1.82) is 0 Å². The van der Waals surface area contributed by atoms with E-state index in [1.54, 1.807) is 14.2 Å². The summed E-state index contributed by atoms with van der Waals surface area (Å²) in [6.45, 7) is 10.7. The van der Waals surface area contributed by atoms with Gasteiger partial charge in [0.2, 0.25) is 0 Å². The van der Waals surface area contributed by atoms with Gasteiger partial charge in [-0.25, -0.2) is 0 Å². The Morgan fingerprint density at radius 1 is 1.37 bits per heavy atom. The highest BCUT2D eigenvalue weighted by Gasteiger charge is 2.26. The molecule has 0 aliphatic carbocycles. The SMILES string of the molecule is COCCN(CC1CCCN1)C(C)CC(C)(C)OC. The molecule has 1 rings (SSSR count). The first-order chi connectivity index (χ1) is 8.98. The van der Waals surface area contributed by atoms with Crippen LogP contribution >= 0.6 is 0 Å². The fourth-order valence-corrected chi connectivity index (χ4v) is 2.82. The molecule has 0 radical (unpaired) electrons. The van der Waals surface area contributed by atoms with Crippen LogP contribution in [-0.2, 0) is 9.47 Å². The van der Waals surface area contributed by atoms with Crippen LogP contribution in [0.4, 0.5) is 0 Å². The molecule has 1 N–H and O–H groups in total. The predicted molar refractivity (Wildman–Crippen MR) is 79.6 cm³/mol. The molecule has 0 spiro atoms. The standard InChI is InChI=1S/C15H32N2O2/c1-13(11-15(2,3)19-5)17(9-10-18-4)12-14-7-6-8-16-14/h13-14,16H,6-12H2,1-5H3. The van der Waals surface area contributed by atoms with E-state index in [1.807, 2.05) is 0 Å². The van der Waals surface area contributed by atoms with E-state index in [0.717, 1.165) is 26.1 Å². The van der Waals surface area contributed by atoms with Crippen molar-refractivity contribution >= 4 is 0 Å². The normalized spacial score (nSPS) is 22.1. The molecule has 4 nitrogen and oxygen atoms in total. The van der Waals surface area contributed by atoms with Gasteiger partial charge in [-0.05, 0) is 46.6 Å². The summed E-state index contributed by atoms with van der Waals surface area (Å²) < 4.78 is 10.8. The molecule has 0 bridgehead atoms. The van der Waals surface area contributed by atoms with E-state index in [2.05, 4.69) is 31.0 Å². The van der Waals surface area contributed by atoms with Crippen LogP contribution in [0.25, 0.3) is 0 Å². The van der Waals surface area contributed by atoms with Crippen molar-refractivity contribution in [2.24, 2.45) is 0 Å². The highest BCUT2D eigenvalue weighted by molar-refractivity contribution is 4.83. The zero-order chi connectivity index (χ0) is 14.3. The average Bonchev–Trinajstić information content (AvgIpc) is 2.86. The molecule has 1 saturated heterocycles. The molecule has 1 aliphatic heterocycles. The monoisotopic (exact) mass is 272 g/mol. The summed E-state index contributed by atoms with van der Waals surface area (Å²) in [5, 5.41) is 3.58. The summed E-state index contributed by atoms with van der Waals surface area (Å²) >= 11 is 0. The van der Waals surface area contributed by atoms with Gasteiger partial charge in [0.15, 0.2) is 0 Å². The molecule has 1 aliphatic rings. The van der Waals surface area contributed by atoms with Gasteiger partial charge in [-0.3, -0.25) is 4.90 Å². The lowest BCUT2D eigenvalue weighted by Crippen LogP contribution is -2.46. The van der Waals surface area contributed by atoms with Crippen molar-refractivity contribution < 1.29 is 9.47 Å². The number of ether oxygens (including phenoxy) is 2. The summed E-state index contributed by atoms with van der Waals surface area (Å²) in [7, 11) is 3.57. The summed E-state index contributed by atoms with van der Waals surface area (Å²) in [6.07, 6.45) is 3.64. The largest absolute Gasteiger partial charge is 0.383 e. The third kappa shape index (κ3) is 6.21. The molecule has 0 amide bonds. The van der Waals surface area contributed by atoms with Crippen molar-refractivity contribution in [2.45, 2.75) is 57.7 Å². The van der Waals surface area contributed by atoms with Crippen LogP contribution in [0.15, 0.2) is 0 Å². The van der Waals surface area contributed by atoms with Gasteiger partial charge in [0.25, 0.3) is 0 Å². The zero-order valence-corrected chi connectivity index (χ0v) is 13.4. The molecule has 0 aromatic carbocycles. The molecule has 19 heavy (non-hydrogen) atoms. The predicted octanol–water partition coefficient (Wildman–Crippen LogP) is 1.89. The molecule has 0 saturated carbocycles. The smallest absolute Gasteiger partial charge is 0.0637 e. The van der Waals surface area contributed by atoms with E-state index < -0.39 is 0 Å². The van der Waals surface area contributed by atoms with Gasteiger partial charge >= 0.3 is 0 Å². The first kappa shape index (κ1) is 16.9. The minimum atomic E-state index is -0.0617. The minimum absolute atomic E-state index is 0.0617. The first-order valence-corrected chi connectivity index (χ1v) is 7.50. The second-order valence-corrected chi connectivity index (χ2v) is 6.30. The summed E-state index contributed by atoms with van der Waals surface area (Å²) in [6, 6.07) is 1.15. The Morgan fingerprint density at radius 3 is 2.63 bits per heavy atom. The first-order valence-electron chi connectivity index (χ1n) is 7.50. The Morgan fingerprint density at radius 2 is 2.11 bits per heavy atom. The van der Waals surface area contributed by atoms with Crippen LogP contribution in [0.2, 0.25) is 0 Å². The van der Waals surface area contributed by atoms with Gasteiger partial charge in [0.05, 0.1) is 12.2 Å². The van der Waals surface area contributed by atoms with E-state index in [4.69, 9.17) is 9.47 Å². The average molecular weight is 272 g/mol. The number of nitrogens with one attached hydrogen (secondary N) is 1. The van der Waals surface area contributed by atoms with Crippen LogP contribution < -0.4 is 5.32 Å². The summed E-state index contributed by atoms with van der Waals surface area (Å²) in [5.41, 5.74) is -0.0617. The fourth-order valence-electron chi connectivity index (χ4n) is 2.82. The number of hydrogen-bond acceptors (Lipinski definition) is 4. The number of hydrogen-bond donors (Lipinski definition) is 1. The van der Waals surface area contributed by atoms with E-state index in [0.29, 0.717) is 12.1 Å². The van der Waals surface area contributed by atoms with E-state index in [1.165, 1.54) is 19.4 Å². The van der Waals surface area contributed by atoms with Crippen molar-refractivity contribution in [3.05, 3.63) is 0 Å². The summed E-state index contributed by atoms with van der Waals surface area (Å²) in [5.74, 6) is 0. The number of nitrogens with zero attached hydrogens (tertiary/aromatic N) is 1. The topological polar surface area (TPSA) is 33.7 Å². The van der Waals surface area contributed by atoms with Crippen LogP contribution in [0.3, 0.4) is 0 Å². The molecule has 0 aromatic rings. The minimum Gasteiger partial charge on any atom is -0.383 e. The van der Waals surface area contributed by atoms with Crippen molar-refractivity contribution in [2.75, 3.05) is 40.5 Å². The molecule has 2 atom stereocenters. The number of rotatable bonds is 9. The van der Waals surface area contributed by atoms with E-state index in [-0.39, 0.29) is 5.60 Å². The summed E-state index contributed by atoms with van der Waals surface area (Å²) in [4.78, 5) is 2.53. The molecule has 1 fully saturated rings. The van der Waals surface area contributed by atoms with Crippen LogP contribution in [0.5, 0.6) is 0 Å². The highest BCUT2D eigenvalue weighted by Crippen LogP contribution is 2.20. The Labute approximate surface area is 118 Å². The number of methoxy groups -OCH3 is 2. The van der Waals surface area contributed by atoms with Crippen LogP contribution in [0.1, 0.15) is 40.0 Å². The van der Waals surface area contributed by atoms with Gasteiger partial charge in [0, 0.05) is 39.4 Å². The second-order valence-electron chi connectivity index (χ2n) is 6.30. The molecule has 2 unspecified atom stereocenters. The van der Waals surface area contributed by atoms with Gasteiger partial charge in [-0.1, -0.05) is 0 Å². The highest BCUT2D eigenvalue weighted by atomic mass is 16.5. The maximum atomic E-state index is 5.56. The quantitative estimate of drug-likeness (QED) is 0.695. The molecular weight excluding hydrogens is 240 g/mol. The third-order valence-electron chi connectivity index (χ3n) is 4.16. The molecular formula is C15H32N2O2. The molecule has 0 aromatic heterocycles. The maximum Gasteiger partial charge on any atom is 0.0637 e.